The molecule has 0 aromatic rings. The van der Waals surface area contributed by atoms with Gasteiger partial charge in [-0.05, 0) is 20.8 Å². The molecule has 0 aliphatic heterocycles. The number of ether oxygens (including phenoxy) is 1. The highest BCUT2D eigenvalue weighted by Gasteiger charge is 2.47. The molecule has 0 radical (unpaired) electrons. The van der Waals surface area contributed by atoms with Crippen LogP contribution in [0.1, 0.15) is 27.2 Å². The summed E-state index contributed by atoms with van der Waals surface area (Å²) in [6.07, 6.45) is -2.52. The number of rotatable bonds is 6. The maximum absolute atomic E-state index is 11.9. The molecule has 0 aromatic heterocycles. The number of carboxylic acids is 3. The van der Waals surface area contributed by atoms with Gasteiger partial charge in [-0.15, -0.1) is 0 Å². The Bertz CT molecular complexity index is 456. The second kappa shape index (κ2) is 6.39. The zero-order chi connectivity index (χ0) is 17.0. The minimum Gasteiger partial charge on any atom is -0.481 e. The maximum Gasteiger partial charge on any atom is 0.412 e. The molecule has 0 spiro atoms. The van der Waals surface area contributed by atoms with Crippen LogP contribution in [0.5, 0.6) is 0 Å². The lowest BCUT2D eigenvalue weighted by Gasteiger charge is -2.36. The molecule has 0 aliphatic carbocycles. The van der Waals surface area contributed by atoms with Crippen LogP contribution >= 0.6 is 0 Å². The van der Waals surface area contributed by atoms with Crippen molar-refractivity contribution in [1.29, 1.82) is 0 Å². The van der Waals surface area contributed by atoms with E-state index in [4.69, 9.17) is 25.8 Å². The van der Waals surface area contributed by atoms with E-state index >= 15 is 0 Å². The Morgan fingerprint density at radius 2 is 1.52 bits per heavy atom. The second-order valence-electron chi connectivity index (χ2n) is 5.26. The third-order valence-electron chi connectivity index (χ3n) is 2.18. The van der Waals surface area contributed by atoms with E-state index in [9.17, 15) is 19.2 Å². The van der Waals surface area contributed by atoms with Crippen LogP contribution in [-0.2, 0) is 19.1 Å². The highest BCUT2D eigenvalue weighted by molar-refractivity contribution is 5.90. The molecule has 1 amide bonds. The molecule has 120 valence electrons. The number of aliphatic carboxylic acids is 3. The first-order valence-corrected chi connectivity index (χ1v) is 5.76. The largest absolute Gasteiger partial charge is 0.481 e. The molecule has 10 heteroatoms. The molecule has 5 N–H and O–H groups in total. The number of hydrogen-bond acceptors (Lipinski definition) is 6. The number of carboxylic acid groups (broad SMARTS) is 3. The predicted molar refractivity (Wildman–Crippen MR) is 67.4 cm³/mol. The Hall–Kier alpha value is -2.36. The van der Waals surface area contributed by atoms with Crippen LogP contribution in [0.15, 0.2) is 0 Å². The molecule has 0 saturated carbocycles. The molecule has 0 heterocycles. The van der Waals surface area contributed by atoms with Crippen molar-refractivity contribution in [3.8, 4) is 0 Å². The van der Waals surface area contributed by atoms with Crippen molar-refractivity contribution in [2.45, 2.75) is 38.5 Å². The van der Waals surface area contributed by atoms with E-state index in [2.05, 4.69) is 0 Å². The van der Waals surface area contributed by atoms with Crippen LogP contribution in [0, 0.1) is 0 Å². The fraction of sp³-hybridized carbons (Fsp3) is 0.636. The van der Waals surface area contributed by atoms with E-state index in [1.54, 1.807) is 0 Å². The Morgan fingerprint density at radius 1 is 1.05 bits per heavy atom. The zero-order valence-corrected chi connectivity index (χ0v) is 11.8. The van der Waals surface area contributed by atoms with Crippen LogP contribution in [0.2, 0.25) is 0 Å². The highest BCUT2D eigenvalue weighted by Crippen LogP contribution is 2.19. The Balaban J connectivity index is 5.64. The lowest BCUT2D eigenvalue weighted by molar-refractivity contribution is -0.160. The minimum atomic E-state index is -2.74. The van der Waals surface area contributed by atoms with Gasteiger partial charge >= 0.3 is 24.0 Å². The van der Waals surface area contributed by atoms with E-state index in [0.29, 0.717) is 0 Å². The van der Waals surface area contributed by atoms with Crippen LogP contribution in [-0.4, -0.2) is 62.0 Å². The summed E-state index contributed by atoms with van der Waals surface area (Å²) in [5, 5.41) is 26.6. The summed E-state index contributed by atoms with van der Waals surface area (Å²) in [5.41, 5.74) is 1.65. The average molecular weight is 306 g/mol. The summed E-state index contributed by atoms with van der Waals surface area (Å²) in [5.74, 6) is -5.04. The summed E-state index contributed by atoms with van der Waals surface area (Å²) in [4.78, 5) is 44.9. The highest BCUT2D eigenvalue weighted by atomic mass is 16.6. The van der Waals surface area contributed by atoms with Gasteiger partial charge in [-0.2, -0.15) is 0 Å². The van der Waals surface area contributed by atoms with Crippen LogP contribution < -0.4 is 5.73 Å². The fourth-order valence-corrected chi connectivity index (χ4v) is 1.34. The molecule has 0 unspecified atom stereocenters. The first-order valence-electron chi connectivity index (χ1n) is 5.76. The number of amides is 1. The van der Waals surface area contributed by atoms with Gasteiger partial charge < -0.3 is 20.1 Å². The third-order valence-corrected chi connectivity index (χ3v) is 2.18. The fourth-order valence-electron chi connectivity index (χ4n) is 1.34. The lowest BCUT2D eigenvalue weighted by Crippen LogP contribution is -2.66. The van der Waals surface area contributed by atoms with Crippen LogP contribution in [0.4, 0.5) is 4.79 Å². The molecule has 1 atom stereocenters. The van der Waals surface area contributed by atoms with Gasteiger partial charge in [0.05, 0.1) is 6.42 Å². The van der Waals surface area contributed by atoms with Gasteiger partial charge in [-0.1, -0.05) is 0 Å². The normalized spacial score (nSPS) is 13.9. The summed E-state index contributed by atoms with van der Waals surface area (Å²) < 4.78 is 4.87. The number of hydrogen-bond donors (Lipinski definition) is 4. The summed E-state index contributed by atoms with van der Waals surface area (Å²) in [6, 6.07) is 0. The first kappa shape index (κ1) is 18.6. The molecule has 0 rings (SSSR count). The molecule has 0 aliphatic rings. The Kier molecular flexibility index (Phi) is 5.67. The lowest BCUT2D eigenvalue weighted by atomic mass is 10.1. The van der Waals surface area contributed by atoms with Crippen molar-refractivity contribution in [2.24, 2.45) is 5.73 Å². The van der Waals surface area contributed by atoms with Gasteiger partial charge in [0.2, 0.25) is 5.66 Å². The summed E-state index contributed by atoms with van der Waals surface area (Å²) >= 11 is 0. The Labute approximate surface area is 120 Å². The second-order valence-corrected chi connectivity index (χ2v) is 5.26. The molecular formula is C11H18N2O8. The number of carbonyl (C=O) groups is 4. The SMILES string of the molecule is CC(C)(C)OC(=O)N(CC(=O)O)[C@](N)(CC(=O)O)C(=O)O. The molecule has 21 heavy (non-hydrogen) atoms. The molecule has 0 bridgehead atoms. The molecule has 0 fully saturated rings. The molecule has 10 nitrogen and oxygen atoms in total. The van der Waals surface area contributed by atoms with Gasteiger partial charge in [0.1, 0.15) is 12.1 Å². The van der Waals surface area contributed by atoms with Crippen molar-refractivity contribution in [2.75, 3.05) is 6.54 Å². The molecule has 0 saturated heterocycles. The summed E-state index contributed by atoms with van der Waals surface area (Å²) in [6.45, 7) is 3.30. The van der Waals surface area contributed by atoms with E-state index in [1.165, 1.54) is 20.8 Å². The van der Waals surface area contributed by atoms with Gasteiger partial charge in [0, 0.05) is 0 Å². The zero-order valence-electron chi connectivity index (χ0n) is 11.8. The monoisotopic (exact) mass is 306 g/mol. The summed E-state index contributed by atoms with van der Waals surface area (Å²) in [7, 11) is 0. The number of carbonyl (C=O) groups excluding carboxylic acids is 1. The van der Waals surface area contributed by atoms with E-state index in [-0.39, 0.29) is 4.90 Å². The van der Waals surface area contributed by atoms with Crippen molar-refractivity contribution < 1.29 is 39.2 Å². The van der Waals surface area contributed by atoms with E-state index < -0.39 is 48.2 Å². The van der Waals surface area contributed by atoms with Crippen molar-refractivity contribution >= 4 is 24.0 Å². The van der Waals surface area contributed by atoms with Crippen LogP contribution in [0.25, 0.3) is 0 Å². The predicted octanol–water partition coefficient (Wildman–Crippen LogP) is -0.478. The van der Waals surface area contributed by atoms with Crippen molar-refractivity contribution in [1.82, 2.24) is 4.90 Å². The minimum absolute atomic E-state index is 0.164. The molecular weight excluding hydrogens is 288 g/mol. The quantitative estimate of drug-likeness (QED) is 0.473. The topological polar surface area (TPSA) is 167 Å². The van der Waals surface area contributed by atoms with Gasteiger partial charge in [-0.3, -0.25) is 20.2 Å². The third kappa shape index (κ3) is 5.65. The van der Waals surface area contributed by atoms with Gasteiger partial charge in [-0.25, -0.2) is 9.59 Å². The molecule has 0 aromatic carbocycles. The maximum atomic E-state index is 11.9. The van der Waals surface area contributed by atoms with Crippen molar-refractivity contribution in [3.05, 3.63) is 0 Å². The van der Waals surface area contributed by atoms with E-state index in [1.807, 2.05) is 0 Å². The van der Waals surface area contributed by atoms with Gasteiger partial charge in [0.25, 0.3) is 0 Å². The Morgan fingerprint density at radius 3 is 1.81 bits per heavy atom. The van der Waals surface area contributed by atoms with Crippen LogP contribution in [0.3, 0.4) is 0 Å². The number of nitrogens with two attached hydrogens (primary N) is 1. The van der Waals surface area contributed by atoms with E-state index in [0.717, 1.165) is 0 Å². The smallest absolute Gasteiger partial charge is 0.412 e. The first-order chi connectivity index (χ1) is 9.29. The average Bonchev–Trinajstić information content (AvgIpc) is 2.21. The number of nitrogens with zero attached hydrogens (tertiary/aromatic N) is 1. The van der Waals surface area contributed by atoms with Crippen molar-refractivity contribution in [3.63, 3.8) is 0 Å². The van der Waals surface area contributed by atoms with Gasteiger partial charge in [0.15, 0.2) is 0 Å². The standard InChI is InChI=1S/C11H18N2O8/c1-10(2,3)21-9(20)13(5-7(16)17)11(12,8(18)19)4-6(14)15/h4-5,12H2,1-3H3,(H,14,15)(H,16,17)(H,18,19)/t11-/m1/s1.